The van der Waals surface area contributed by atoms with E-state index in [4.69, 9.17) is 16.7 Å². The molecule has 0 saturated carbocycles. The second-order valence-electron chi connectivity index (χ2n) is 3.78. The number of pyridine rings is 1. The van der Waals surface area contributed by atoms with Crippen molar-refractivity contribution in [2.24, 2.45) is 0 Å². The summed E-state index contributed by atoms with van der Waals surface area (Å²) in [6, 6.07) is 8.47. The number of hydrogen-bond acceptors (Lipinski definition) is 3. The first-order valence-corrected chi connectivity index (χ1v) is 6.61. The molecule has 1 aromatic heterocycles. The second-order valence-corrected chi connectivity index (χ2v) is 5.07. The molecule has 1 heterocycles. The van der Waals surface area contributed by atoms with E-state index in [1.54, 1.807) is 24.4 Å². The van der Waals surface area contributed by atoms with Crippen molar-refractivity contribution in [2.45, 2.75) is 6.54 Å². The lowest BCUT2D eigenvalue weighted by molar-refractivity contribution is 0.0695. The summed E-state index contributed by atoms with van der Waals surface area (Å²) in [6.07, 6.45) is 1.57. The lowest BCUT2D eigenvalue weighted by Crippen LogP contribution is -2.09. The minimum absolute atomic E-state index is 0.188. The number of carboxylic acids is 1. The van der Waals surface area contributed by atoms with Gasteiger partial charge in [-0.25, -0.2) is 4.79 Å². The highest BCUT2D eigenvalue weighted by Crippen LogP contribution is 2.26. The molecule has 6 heteroatoms. The minimum Gasteiger partial charge on any atom is -0.478 e. The number of nitrogens with one attached hydrogen (secondary N) is 1. The number of benzene rings is 1. The predicted molar refractivity (Wildman–Crippen MR) is 77.7 cm³/mol. The largest absolute Gasteiger partial charge is 0.478 e. The zero-order chi connectivity index (χ0) is 13.8. The van der Waals surface area contributed by atoms with Gasteiger partial charge in [-0.3, -0.25) is 4.98 Å². The van der Waals surface area contributed by atoms with Crippen LogP contribution in [0.5, 0.6) is 0 Å². The van der Waals surface area contributed by atoms with Crippen molar-refractivity contribution in [3.8, 4) is 0 Å². The molecule has 1 aromatic carbocycles. The van der Waals surface area contributed by atoms with Crippen molar-refractivity contribution in [1.29, 1.82) is 0 Å². The standard InChI is InChI=1S/C13H10BrClN2O2/c14-10-4-3-8(15)6-11(10)17-7-12-9(13(18)19)2-1-5-16-12/h1-6,17H,7H2,(H,18,19). The van der Waals surface area contributed by atoms with Crippen LogP contribution in [-0.4, -0.2) is 16.1 Å². The van der Waals surface area contributed by atoms with Gasteiger partial charge >= 0.3 is 5.97 Å². The average molecular weight is 342 g/mol. The Morgan fingerprint density at radius 1 is 1.42 bits per heavy atom. The predicted octanol–water partition coefficient (Wildman–Crippen LogP) is 3.81. The number of rotatable bonds is 4. The van der Waals surface area contributed by atoms with Gasteiger partial charge in [0.2, 0.25) is 0 Å². The molecule has 0 saturated heterocycles. The number of aromatic carboxylic acids is 1. The maximum Gasteiger partial charge on any atom is 0.337 e. The van der Waals surface area contributed by atoms with Crippen LogP contribution in [0.15, 0.2) is 41.0 Å². The Morgan fingerprint density at radius 2 is 2.21 bits per heavy atom. The van der Waals surface area contributed by atoms with Crippen LogP contribution in [0.2, 0.25) is 5.02 Å². The van der Waals surface area contributed by atoms with Crippen LogP contribution in [0.4, 0.5) is 5.69 Å². The van der Waals surface area contributed by atoms with E-state index < -0.39 is 5.97 Å². The summed E-state index contributed by atoms with van der Waals surface area (Å²) in [6.45, 7) is 0.307. The Hall–Kier alpha value is -1.59. The molecule has 0 aliphatic carbocycles. The summed E-state index contributed by atoms with van der Waals surface area (Å²) in [5, 5.41) is 12.8. The van der Waals surface area contributed by atoms with E-state index in [0.717, 1.165) is 10.2 Å². The highest BCUT2D eigenvalue weighted by Gasteiger charge is 2.10. The Kier molecular flexibility index (Phi) is 4.39. The molecule has 2 rings (SSSR count). The maximum atomic E-state index is 11.1. The van der Waals surface area contributed by atoms with Gasteiger partial charge in [0.15, 0.2) is 0 Å². The number of anilines is 1. The quantitative estimate of drug-likeness (QED) is 0.888. The number of halogens is 2. The Balaban J connectivity index is 2.19. The van der Waals surface area contributed by atoms with Crippen LogP contribution in [0.25, 0.3) is 0 Å². The number of aromatic nitrogens is 1. The van der Waals surface area contributed by atoms with Crippen LogP contribution in [0.3, 0.4) is 0 Å². The first kappa shape index (κ1) is 13.8. The van der Waals surface area contributed by atoms with Crippen LogP contribution in [-0.2, 0) is 6.54 Å². The minimum atomic E-state index is -0.991. The van der Waals surface area contributed by atoms with E-state index in [2.05, 4.69) is 26.2 Å². The van der Waals surface area contributed by atoms with E-state index in [-0.39, 0.29) is 5.56 Å². The number of carbonyl (C=O) groups is 1. The molecule has 0 radical (unpaired) electrons. The van der Waals surface area contributed by atoms with Gasteiger partial charge in [0.25, 0.3) is 0 Å². The molecule has 2 N–H and O–H groups in total. The van der Waals surface area contributed by atoms with Gasteiger partial charge in [-0.15, -0.1) is 0 Å². The van der Waals surface area contributed by atoms with Crippen molar-refractivity contribution in [3.05, 3.63) is 57.3 Å². The molecule has 0 amide bonds. The molecule has 0 spiro atoms. The average Bonchev–Trinajstić information content (AvgIpc) is 2.40. The van der Waals surface area contributed by atoms with Crippen LogP contribution >= 0.6 is 27.5 Å². The molecule has 2 aromatic rings. The fraction of sp³-hybridized carbons (Fsp3) is 0.0769. The summed E-state index contributed by atoms with van der Waals surface area (Å²) in [5.41, 5.74) is 1.45. The Morgan fingerprint density at radius 3 is 2.95 bits per heavy atom. The SMILES string of the molecule is O=C(O)c1cccnc1CNc1cc(Cl)ccc1Br. The highest BCUT2D eigenvalue weighted by molar-refractivity contribution is 9.10. The molecule has 0 atom stereocenters. The fourth-order valence-corrected chi connectivity index (χ4v) is 2.14. The Bertz CT molecular complexity index is 619. The summed E-state index contributed by atoms with van der Waals surface area (Å²) >= 11 is 9.30. The molecule has 0 fully saturated rings. The van der Waals surface area contributed by atoms with E-state index >= 15 is 0 Å². The first-order chi connectivity index (χ1) is 9.08. The molecule has 0 aliphatic rings. The molecule has 0 bridgehead atoms. The Labute approximate surface area is 123 Å². The molecule has 0 aliphatic heterocycles. The van der Waals surface area contributed by atoms with Gasteiger partial charge in [-0.2, -0.15) is 0 Å². The summed E-state index contributed by atoms with van der Waals surface area (Å²) in [4.78, 5) is 15.1. The van der Waals surface area contributed by atoms with E-state index in [0.29, 0.717) is 17.3 Å². The van der Waals surface area contributed by atoms with Crippen LogP contribution in [0, 0.1) is 0 Å². The smallest absolute Gasteiger partial charge is 0.337 e. The molecular weight excluding hydrogens is 332 g/mol. The van der Waals surface area contributed by atoms with E-state index in [9.17, 15) is 4.79 Å². The highest BCUT2D eigenvalue weighted by atomic mass is 79.9. The molecule has 98 valence electrons. The number of nitrogens with zero attached hydrogens (tertiary/aromatic N) is 1. The van der Waals surface area contributed by atoms with Crippen LogP contribution in [0.1, 0.15) is 16.1 Å². The van der Waals surface area contributed by atoms with E-state index in [1.165, 1.54) is 6.07 Å². The normalized spacial score (nSPS) is 10.2. The van der Waals surface area contributed by atoms with Crippen LogP contribution < -0.4 is 5.32 Å². The maximum absolute atomic E-state index is 11.1. The van der Waals surface area contributed by atoms with Gasteiger partial charge in [-0.05, 0) is 46.3 Å². The van der Waals surface area contributed by atoms with Crippen molar-refractivity contribution in [3.63, 3.8) is 0 Å². The summed E-state index contributed by atoms with van der Waals surface area (Å²) < 4.78 is 0.852. The molecule has 4 nitrogen and oxygen atoms in total. The first-order valence-electron chi connectivity index (χ1n) is 5.44. The van der Waals surface area contributed by atoms with Crippen molar-refractivity contribution >= 4 is 39.2 Å². The van der Waals surface area contributed by atoms with E-state index in [1.807, 2.05) is 6.07 Å². The summed E-state index contributed by atoms with van der Waals surface area (Å²) in [7, 11) is 0. The van der Waals surface area contributed by atoms with Gasteiger partial charge in [0.1, 0.15) is 0 Å². The van der Waals surface area contributed by atoms with Gasteiger partial charge < -0.3 is 10.4 Å². The third-order valence-corrected chi connectivity index (χ3v) is 3.42. The van der Waals surface area contributed by atoms with Crippen molar-refractivity contribution < 1.29 is 9.90 Å². The monoisotopic (exact) mass is 340 g/mol. The number of carboxylic acid groups (broad SMARTS) is 1. The third kappa shape index (κ3) is 3.45. The lowest BCUT2D eigenvalue weighted by Gasteiger charge is -2.10. The van der Waals surface area contributed by atoms with Crippen molar-refractivity contribution in [2.75, 3.05) is 5.32 Å². The topological polar surface area (TPSA) is 62.2 Å². The lowest BCUT2D eigenvalue weighted by atomic mass is 10.2. The summed E-state index contributed by atoms with van der Waals surface area (Å²) in [5.74, 6) is -0.991. The van der Waals surface area contributed by atoms with Gasteiger partial charge in [0, 0.05) is 15.7 Å². The molecule has 0 unspecified atom stereocenters. The zero-order valence-corrected chi connectivity index (χ0v) is 12.1. The second kappa shape index (κ2) is 6.04. The zero-order valence-electron chi connectivity index (χ0n) is 9.73. The fourth-order valence-electron chi connectivity index (χ4n) is 1.59. The van der Waals surface area contributed by atoms with Gasteiger partial charge in [-0.1, -0.05) is 11.6 Å². The molecular formula is C13H10BrClN2O2. The van der Waals surface area contributed by atoms with Crippen molar-refractivity contribution in [1.82, 2.24) is 4.98 Å². The third-order valence-electron chi connectivity index (χ3n) is 2.50. The molecule has 19 heavy (non-hydrogen) atoms. The van der Waals surface area contributed by atoms with Gasteiger partial charge in [0.05, 0.1) is 23.5 Å². The number of hydrogen-bond donors (Lipinski definition) is 2.